The molecule has 0 aliphatic rings. The SMILES string of the molecule is O=C(NCc1cccc(-n2cccn2)c1)C(=O)Nc1ccc(SCc2cccnc2)cc1. The fourth-order valence-corrected chi connectivity index (χ4v) is 3.80. The van der Waals surface area contributed by atoms with E-state index in [4.69, 9.17) is 0 Å². The molecule has 0 saturated carbocycles. The van der Waals surface area contributed by atoms with Crippen LogP contribution >= 0.6 is 11.8 Å². The first-order valence-electron chi connectivity index (χ1n) is 9.97. The average molecular weight is 444 g/mol. The average Bonchev–Trinajstić information content (AvgIpc) is 3.38. The van der Waals surface area contributed by atoms with E-state index < -0.39 is 11.8 Å². The summed E-state index contributed by atoms with van der Waals surface area (Å²) in [6.45, 7) is 0.241. The highest BCUT2D eigenvalue weighted by Gasteiger charge is 2.13. The van der Waals surface area contributed by atoms with Crippen molar-refractivity contribution < 1.29 is 9.59 Å². The van der Waals surface area contributed by atoms with Crippen molar-refractivity contribution >= 4 is 29.3 Å². The van der Waals surface area contributed by atoms with Gasteiger partial charge in [-0.05, 0) is 59.7 Å². The number of aromatic nitrogens is 3. The van der Waals surface area contributed by atoms with Gasteiger partial charge in [-0.15, -0.1) is 11.8 Å². The first kappa shape index (κ1) is 21.3. The van der Waals surface area contributed by atoms with Gasteiger partial charge in [0.1, 0.15) is 0 Å². The summed E-state index contributed by atoms with van der Waals surface area (Å²) in [4.78, 5) is 29.6. The molecule has 0 atom stereocenters. The lowest BCUT2D eigenvalue weighted by Crippen LogP contribution is -2.34. The van der Waals surface area contributed by atoms with Crippen LogP contribution in [0.4, 0.5) is 5.69 Å². The summed E-state index contributed by atoms with van der Waals surface area (Å²) in [6, 6.07) is 20.8. The largest absolute Gasteiger partial charge is 0.344 e. The summed E-state index contributed by atoms with van der Waals surface area (Å²) in [5, 5.41) is 9.47. The summed E-state index contributed by atoms with van der Waals surface area (Å²) in [5.41, 5.74) is 3.46. The van der Waals surface area contributed by atoms with Gasteiger partial charge in [0, 0.05) is 47.7 Å². The Balaban J connectivity index is 1.26. The molecule has 2 aromatic carbocycles. The van der Waals surface area contributed by atoms with Gasteiger partial charge in [0.25, 0.3) is 0 Å². The van der Waals surface area contributed by atoms with Gasteiger partial charge in [-0.1, -0.05) is 18.2 Å². The lowest BCUT2D eigenvalue weighted by Gasteiger charge is -2.09. The molecule has 0 aliphatic heterocycles. The third kappa shape index (κ3) is 5.83. The molecule has 2 aromatic heterocycles. The van der Waals surface area contributed by atoms with Crippen LogP contribution < -0.4 is 10.6 Å². The van der Waals surface area contributed by atoms with Crippen molar-refractivity contribution in [3.8, 4) is 5.69 Å². The van der Waals surface area contributed by atoms with Crippen molar-refractivity contribution in [2.45, 2.75) is 17.2 Å². The Kier molecular flexibility index (Phi) is 6.94. The lowest BCUT2D eigenvalue weighted by molar-refractivity contribution is -0.136. The first-order valence-corrected chi connectivity index (χ1v) is 11.0. The van der Waals surface area contributed by atoms with E-state index in [0.29, 0.717) is 5.69 Å². The second-order valence-corrected chi connectivity index (χ2v) is 7.98. The van der Waals surface area contributed by atoms with Crippen molar-refractivity contribution in [3.63, 3.8) is 0 Å². The lowest BCUT2D eigenvalue weighted by atomic mass is 10.2. The Labute approximate surface area is 189 Å². The first-order chi connectivity index (χ1) is 15.7. The van der Waals surface area contributed by atoms with E-state index in [0.717, 1.165) is 27.5 Å². The Morgan fingerprint density at radius 2 is 1.75 bits per heavy atom. The molecule has 0 spiro atoms. The number of pyridine rings is 1. The van der Waals surface area contributed by atoms with Crippen LogP contribution in [0.3, 0.4) is 0 Å². The number of carbonyl (C=O) groups excluding carboxylic acids is 2. The van der Waals surface area contributed by atoms with Crippen LogP contribution in [-0.2, 0) is 21.9 Å². The molecule has 2 heterocycles. The maximum absolute atomic E-state index is 12.2. The van der Waals surface area contributed by atoms with E-state index in [-0.39, 0.29) is 6.54 Å². The number of rotatable bonds is 7. The van der Waals surface area contributed by atoms with Crippen LogP contribution in [0.2, 0.25) is 0 Å². The standard InChI is InChI=1S/C24H21N5O2S/c30-23(26-16-18-4-1-6-21(14-18)29-13-3-12-27-29)24(31)28-20-7-9-22(10-8-20)32-17-19-5-2-11-25-15-19/h1-15H,16-17H2,(H,26,30)(H,28,31). The molecule has 0 radical (unpaired) electrons. The van der Waals surface area contributed by atoms with Crippen LogP contribution in [0, 0.1) is 0 Å². The smallest absolute Gasteiger partial charge is 0.313 e. The number of hydrogen-bond donors (Lipinski definition) is 2. The van der Waals surface area contributed by atoms with Gasteiger partial charge in [0.2, 0.25) is 0 Å². The molecule has 4 rings (SSSR count). The molecule has 0 saturated heterocycles. The van der Waals surface area contributed by atoms with Gasteiger partial charge < -0.3 is 10.6 Å². The molecule has 8 heteroatoms. The fraction of sp³-hybridized carbons (Fsp3) is 0.0833. The highest BCUT2D eigenvalue weighted by molar-refractivity contribution is 7.98. The summed E-state index contributed by atoms with van der Waals surface area (Å²) in [5.74, 6) is -0.586. The zero-order chi connectivity index (χ0) is 22.2. The Morgan fingerprint density at radius 3 is 2.50 bits per heavy atom. The van der Waals surface area contributed by atoms with Crippen molar-refractivity contribution in [1.82, 2.24) is 20.1 Å². The summed E-state index contributed by atoms with van der Waals surface area (Å²) in [6.07, 6.45) is 7.13. The minimum atomic E-state index is -0.705. The van der Waals surface area contributed by atoms with Crippen LogP contribution in [0.25, 0.3) is 5.69 Å². The molecule has 0 bridgehead atoms. The molecule has 4 aromatic rings. The quantitative estimate of drug-likeness (QED) is 0.335. The number of nitrogens with one attached hydrogen (secondary N) is 2. The van der Waals surface area contributed by atoms with Crippen LogP contribution in [0.1, 0.15) is 11.1 Å². The topological polar surface area (TPSA) is 88.9 Å². The number of benzene rings is 2. The Bertz CT molecular complexity index is 1180. The van der Waals surface area contributed by atoms with E-state index in [1.54, 1.807) is 41.0 Å². The minimum absolute atomic E-state index is 0.241. The van der Waals surface area contributed by atoms with Crippen molar-refractivity contribution in [1.29, 1.82) is 0 Å². The fourth-order valence-electron chi connectivity index (χ4n) is 2.97. The normalized spacial score (nSPS) is 10.5. The molecule has 32 heavy (non-hydrogen) atoms. The van der Waals surface area contributed by atoms with Gasteiger partial charge in [-0.2, -0.15) is 5.10 Å². The number of anilines is 1. The van der Waals surface area contributed by atoms with E-state index in [2.05, 4.69) is 20.7 Å². The summed E-state index contributed by atoms with van der Waals surface area (Å²) in [7, 11) is 0. The Hall–Kier alpha value is -3.91. The zero-order valence-electron chi connectivity index (χ0n) is 17.1. The summed E-state index contributed by atoms with van der Waals surface area (Å²) < 4.78 is 1.73. The van der Waals surface area contributed by atoms with Crippen LogP contribution in [0.5, 0.6) is 0 Å². The molecule has 2 N–H and O–H groups in total. The highest BCUT2D eigenvalue weighted by Crippen LogP contribution is 2.23. The van der Waals surface area contributed by atoms with Gasteiger partial charge in [-0.3, -0.25) is 14.6 Å². The molecule has 0 unspecified atom stereocenters. The van der Waals surface area contributed by atoms with Gasteiger partial charge in [-0.25, -0.2) is 4.68 Å². The molecule has 7 nitrogen and oxygen atoms in total. The predicted molar refractivity (Wildman–Crippen MR) is 124 cm³/mol. The molecule has 160 valence electrons. The molecule has 0 fully saturated rings. The van der Waals surface area contributed by atoms with E-state index in [1.165, 1.54) is 0 Å². The van der Waals surface area contributed by atoms with E-state index >= 15 is 0 Å². The molecule has 0 aliphatic carbocycles. The molecule has 2 amide bonds. The number of nitrogens with zero attached hydrogens (tertiary/aromatic N) is 3. The van der Waals surface area contributed by atoms with Crippen LogP contribution in [-0.4, -0.2) is 26.6 Å². The van der Waals surface area contributed by atoms with E-state index in [9.17, 15) is 9.59 Å². The molecular formula is C24H21N5O2S. The number of hydrogen-bond acceptors (Lipinski definition) is 5. The highest BCUT2D eigenvalue weighted by atomic mass is 32.2. The monoisotopic (exact) mass is 443 g/mol. The summed E-state index contributed by atoms with van der Waals surface area (Å²) >= 11 is 1.68. The number of carbonyl (C=O) groups is 2. The maximum atomic E-state index is 12.2. The van der Waals surface area contributed by atoms with E-state index in [1.807, 2.05) is 67.0 Å². The number of amides is 2. The van der Waals surface area contributed by atoms with Gasteiger partial charge >= 0.3 is 11.8 Å². The Morgan fingerprint density at radius 1 is 0.906 bits per heavy atom. The maximum Gasteiger partial charge on any atom is 0.313 e. The third-order valence-corrected chi connectivity index (χ3v) is 5.66. The second-order valence-electron chi connectivity index (χ2n) is 6.93. The van der Waals surface area contributed by atoms with Crippen molar-refractivity contribution in [2.24, 2.45) is 0 Å². The van der Waals surface area contributed by atoms with Gasteiger partial charge in [0.15, 0.2) is 0 Å². The van der Waals surface area contributed by atoms with Crippen molar-refractivity contribution in [2.75, 3.05) is 5.32 Å². The third-order valence-electron chi connectivity index (χ3n) is 4.58. The van der Waals surface area contributed by atoms with Crippen LogP contribution in [0.15, 0.2) is 96.4 Å². The zero-order valence-corrected chi connectivity index (χ0v) is 18.0. The second kappa shape index (κ2) is 10.4. The molecular weight excluding hydrogens is 422 g/mol. The van der Waals surface area contributed by atoms with Crippen molar-refractivity contribution in [3.05, 3.63) is 103 Å². The number of thioether (sulfide) groups is 1. The van der Waals surface area contributed by atoms with Gasteiger partial charge in [0.05, 0.1) is 5.69 Å². The predicted octanol–water partition coefficient (Wildman–Crippen LogP) is 3.81. The minimum Gasteiger partial charge on any atom is -0.344 e.